The maximum absolute atomic E-state index is 11.5. The summed E-state index contributed by atoms with van der Waals surface area (Å²) in [5.41, 5.74) is -0.568. The first-order valence-electron chi connectivity index (χ1n) is 6.45. The Morgan fingerprint density at radius 1 is 1.35 bits per heavy atom. The van der Waals surface area contributed by atoms with Gasteiger partial charge < -0.3 is 15.2 Å². The summed E-state index contributed by atoms with van der Waals surface area (Å²) in [5, 5.41) is 12.7. The van der Waals surface area contributed by atoms with Crippen molar-refractivity contribution in [3.05, 3.63) is 0 Å². The Morgan fingerprint density at radius 3 is 2.41 bits per heavy atom. The number of nitrogens with one attached hydrogen (secondary N) is 1. The lowest BCUT2D eigenvalue weighted by molar-refractivity contribution is -0.154. The summed E-state index contributed by atoms with van der Waals surface area (Å²) in [5.74, 6) is -0.184. The number of aliphatic hydroxyl groups excluding tert-OH is 1. The van der Waals surface area contributed by atoms with Crippen molar-refractivity contribution in [3.8, 4) is 0 Å². The lowest BCUT2D eigenvalue weighted by Gasteiger charge is -2.28. The highest BCUT2D eigenvalue weighted by Crippen LogP contribution is 2.28. The standard InChI is InChI=1S/C13H25NO3/c1-12(2,3)17-11(16)6-9-14-13(10-15)7-4-5-8-13/h14-15H,4-10H2,1-3H3. The minimum atomic E-state index is -0.418. The summed E-state index contributed by atoms with van der Waals surface area (Å²) < 4.78 is 5.23. The molecule has 0 radical (unpaired) electrons. The topological polar surface area (TPSA) is 58.6 Å². The Labute approximate surface area is 104 Å². The molecule has 0 amide bonds. The summed E-state index contributed by atoms with van der Waals surface area (Å²) in [6.07, 6.45) is 4.66. The SMILES string of the molecule is CC(C)(C)OC(=O)CCNC1(CO)CCCC1. The van der Waals surface area contributed by atoms with Crippen LogP contribution in [0.2, 0.25) is 0 Å². The molecule has 0 bridgehead atoms. The molecule has 1 aliphatic carbocycles. The molecule has 0 spiro atoms. The molecule has 0 aromatic heterocycles. The van der Waals surface area contributed by atoms with E-state index in [1.54, 1.807) is 0 Å². The fourth-order valence-electron chi connectivity index (χ4n) is 2.26. The Balaban J connectivity index is 2.25. The first-order valence-corrected chi connectivity index (χ1v) is 6.45. The van der Waals surface area contributed by atoms with E-state index in [0.717, 1.165) is 25.7 Å². The molecular formula is C13H25NO3. The number of aliphatic hydroxyl groups is 1. The van der Waals surface area contributed by atoms with Gasteiger partial charge in [0, 0.05) is 12.1 Å². The highest BCUT2D eigenvalue weighted by Gasteiger charge is 2.32. The average Bonchev–Trinajstić information content (AvgIpc) is 2.64. The lowest BCUT2D eigenvalue weighted by Crippen LogP contribution is -2.47. The molecule has 1 saturated carbocycles. The summed E-state index contributed by atoms with van der Waals surface area (Å²) >= 11 is 0. The molecule has 4 heteroatoms. The largest absolute Gasteiger partial charge is 0.460 e. The zero-order valence-electron chi connectivity index (χ0n) is 11.2. The van der Waals surface area contributed by atoms with Crippen molar-refractivity contribution in [2.75, 3.05) is 13.2 Å². The van der Waals surface area contributed by atoms with E-state index in [1.807, 2.05) is 20.8 Å². The molecule has 0 aromatic rings. The van der Waals surface area contributed by atoms with Gasteiger partial charge in [-0.15, -0.1) is 0 Å². The maximum Gasteiger partial charge on any atom is 0.307 e. The molecular weight excluding hydrogens is 218 g/mol. The molecule has 0 atom stereocenters. The Morgan fingerprint density at radius 2 is 1.94 bits per heavy atom. The smallest absolute Gasteiger partial charge is 0.307 e. The van der Waals surface area contributed by atoms with Gasteiger partial charge in [0.2, 0.25) is 0 Å². The van der Waals surface area contributed by atoms with Crippen LogP contribution in [-0.4, -0.2) is 35.4 Å². The normalized spacial score (nSPS) is 19.3. The predicted molar refractivity (Wildman–Crippen MR) is 66.7 cm³/mol. The third-order valence-electron chi connectivity index (χ3n) is 3.11. The second-order valence-electron chi connectivity index (χ2n) is 5.91. The molecule has 17 heavy (non-hydrogen) atoms. The lowest BCUT2D eigenvalue weighted by atomic mass is 9.99. The van der Waals surface area contributed by atoms with Gasteiger partial charge in [0.05, 0.1) is 13.0 Å². The average molecular weight is 243 g/mol. The van der Waals surface area contributed by atoms with E-state index in [-0.39, 0.29) is 18.1 Å². The van der Waals surface area contributed by atoms with Crippen LogP contribution >= 0.6 is 0 Å². The van der Waals surface area contributed by atoms with Crippen LogP contribution in [0.15, 0.2) is 0 Å². The fourth-order valence-corrected chi connectivity index (χ4v) is 2.26. The predicted octanol–water partition coefficient (Wildman–Crippen LogP) is 1.61. The van der Waals surface area contributed by atoms with Crippen LogP contribution in [0.25, 0.3) is 0 Å². The molecule has 0 saturated heterocycles. The van der Waals surface area contributed by atoms with E-state index in [4.69, 9.17) is 4.74 Å². The third-order valence-corrected chi connectivity index (χ3v) is 3.11. The second-order valence-corrected chi connectivity index (χ2v) is 5.91. The summed E-state index contributed by atoms with van der Waals surface area (Å²) in [4.78, 5) is 11.5. The second kappa shape index (κ2) is 5.83. The van der Waals surface area contributed by atoms with Crippen molar-refractivity contribution < 1.29 is 14.6 Å². The molecule has 100 valence electrons. The van der Waals surface area contributed by atoms with Gasteiger partial charge in [0.1, 0.15) is 5.60 Å². The first kappa shape index (κ1) is 14.5. The van der Waals surface area contributed by atoms with Crippen LogP contribution < -0.4 is 5.32 Å². The highest BCUT2D eigenvalue weighted by molar-refractivity contribution is 5.70. The minimum Gasteiger partial charge on any atom is -0.460 e. The molecule has 0 aromatic carbocycles. The van der Waals surface area contributed by atoms with E-state index in [1.165, 1.54) is 0 Å². The Bertz CT molecular complexity index is 252. The summed E-state index contributed by atoms with van der Waals surface area (Å²) in [6.45, 7) is 6.33. The van der Waals surface area contributed by atoms with Crippen molar-refractivity contribution in [2.24, 2.45) is 0 Å². The van der Waals surface area contributed by atoms with Crippen LogP contribution in [0.1, 0.15) is 52.9 Å². The van der Waals surface area contributed by atoms with Gasteiger partial charge in [-0.05, 0) is 33.6 Å². The van der Waals surface area contributed by atoms with Gasteiger partial charge in [0.15, 0.2) is 0 Å². The number of rotatable bonds is 5. The Hall–Kier alpha value is -0.610. The van der Waals surface area contributed by atoms with Crippen molar-refractivity contribution in [1.82, 2.24) is 5.32 Å². The van der Waals surface area contributed by atoms with Gasteiger partial charge in [-0.1, -0.05) is 12.8 Å². The third kappa shape index (κ3) is 5.04. The van der Waals surface area contributed by atoms with E-state index in [2.05, 4.69) is 5.32 Å². The zero-order chi connectivity index (χ0) is 12.9. The quantitative estimate of drug-likeness (QED) is 0.720. The summed E-state index contributed by atoms with van der Waals surface area (Å²) in [6, 6.07) is 0. The molecule has 0 heterocycles. The van der Waals surface area contributed by atoms with Crippen LogP contribution in [0.4, 0.5) is 0 Å². The molecule has 1 rings (SSSR count). The Kier molecular flexibility index (Phi) is 4.95. The van der Waals surface area contributed by atoms with Crippen molar-refractivity contribution in [3.63, 3.8) is 0 Å². The number of ether oxygens (including phenoxy) is 1. The highest BCUT2D eigenvalue weighted by atomic mass is 16.6. The van der Waals surface area contributed by atoms with Crippen LogP contribution in [0, 0.1) is 0 Å². The van der Waals surface area contributed by atoms with Crippen LogP contribution in [0.5, 0.6) is 0 Å². The van der Waals surface area contributed by atoms with E-state index >= 15 is 0 Å². The van der Waals surface area contributed by atoms with E-state index < -0.39 is 5.60 Å². The first-order chi connectivity index (χ1) is 7.87. The van der Waals surface area contributed by atoms with Crippen molar-refractivity contribution in [2.45, 2.75) is 64.0 Å². The number of carbonyl (C=O) groups is 1. The fraction of sp³-hybridized carbons (Fsp3) is 0.923. The van der Waals surface area contributed by atoms with Crippen molar-refractivity contribution >= 4 is 5.97 Å². The van der Waals surface area contributed by atoms with Gasteiger partial charge in [0.25, 0.3) is 0 Å². The van der Waals surface area contributed by atoms with Gasteiger partial charge in [-0.3, -0.25) is 4.79 Å². The number of hydrogen-bond donors (Lipinski definition) is 2. The zero-order valence-corrected chi connectivity index (χ0v) is 11.2. The molecule has 0 aliphatic heterocycles. The van der Waals surface area contributed by atoms with Crippen molar-refractivity contribution in [1.29, 1.82) is 0 Å². The molecule has 0 unspecified atom stereocenters. The summed E-state index contributed by atoms with van der Waals surface area (Å²) in [7, 11) is 0. The van der Waals surface area contributed by atoms with E-state index in [0.29, 0.717) is 13.0 Å². The molecule has 2 N–H and O–H groups in total. The molecule has 1 fully saturated rings. The number of hydrogen-bond acceptors (Lipinski definition) is 4. The van der Waals surface area contributed by atoms with Gasteiger partial charge >= 0.3 is 5.97 Å². The number of carbonyl (C=O) groups excluding carboxylic acids is 1. The van der Waals surface area contributed by atoms with Crippen LogP contribution in [-0.2, 0) is 9.53 Å². The molecule has 4 nitrogen and oxygen atoms in total. The molecule has 1 aliphatic rings. The monoisotopic (exact) mass is 243 g/mol. The minimum absolute atomic E-state index is 0.151. The van der Waals surface area contributed by atoms with Gasteiger partial charge in [-0.25, -0.2) is 0 Å². The van der Waals surface area contributed by atoms with E-state index in [9.17, 15) is 9.90 Å². The maximum atomic E-state index is 11.5. The van der Waals surface area contributed by atoms with Gasteiger partial charge in [-0.2, -0.15) is 0 Å². The number of esters is 1. The van der Waals surface area contributed by atoms with Crippen LogP contribution in [0.3, 0.4) is 0 Å².